The SMILES string of the molecule is O=C(Nc1cc(=O)[nH]c2ccccc12)C1CCOc2ccc(Cl)cc21. The van der Waals surface area contributed by atoms with Crippen LogP contribution in [0.2, 0.25) is 5.02 Å². The first kappa shape index (κ1) is 15.7. The van der Waals surface area contributed by atoms with E-state index in [1.807, 2.05) is 18.2 Å². The van der Waals surface area contributed by atoms with Gasteiger partial charge in [-0.1, -0.05) is 29.8 Å². The topological polar surface area (TPSA) is 71.2 Å². The van der Waals surface area contributed by atoms with E-state index in [2.05, 4.69) is 10.3 Å². The third kappa shape index (κ3) is 2.98. The number of hydrogen-bond donors (Lipinski definition) is 2. The van der Waals surface area contributed by atoms with Crippen molar-refractivity contribution in [2.24, 2.45) is 0 Å². The number of para-hydroxylation sites is 1. The van der Waals surface area contributed by atoms with Crippen molar-refractivity contribution in [2.45, 2.75) is 12.3 Å². The number of hydrogen-bond acceptors (Lipinski definition) is 3. The highest BCUT2D eigenvalue weighted by Crippen LogP contribution is 2.36. The average molecular weight is 355 g/mol. The van der Waals surface area contributed by atoms with E-state index in [9.17, 15) is 9.59 Å². The predicted octanol–water partition coefficient (Wildman–Crippen LogP) is 3.69. The van der Waals surface area contributed by atoms with Crippen molar-refractivity contribution in [2.75, 3.05) is 11.9 Å². The first-order chi connectivity index (χ1) is 12.1. The molecule has 0 saturated heterocycles. The van der Waals surface area contributed by atoms with Crippen molar-refractivity contribution >= 4 is 34.1 Å². The van der Waals surface area contributed by atoms with Gasteiger partial charge < -0.3 is 15.0 Å². The Morgan fingerprint density at radius 3 is 2.92 bits per heavy atom. The summed E-state index contributed by atoms with van der Waals surface area (Å²) in [4.78, 5) is 27.5. The highest BCUT2D eigenvalue weighted by molar-refractivity contribution is 6.30. The van der Waals surface area contributed by atoms with Crippen molar-refractivity contribution in [3.63, 3.8) is 0 Å². The van der Waals surface area contributed by atoms with Crippen LogP contribution in [-0.4, -0.2) is 17.5 Å². The number of ether oxygens (including phenoxy) is 1. The number of amides is 1. The molecule has 126 valence electrons. The maximum atomic E-state index is 12.9. The quantitative estimate of drug-likeness (QED) is 0.737. The highest BCUT2D eigenvalue weighted by Gasteiger charge is 2.28. The molecule has 0 bridgehead atoms. The number of carbonyl (C=O) groups is 1. The lowest BCUT2D eigenvalue weighted by atomic mass is 9.92. The first-order valence-corrected chi connectivity index (χ1v) is 8.35. The molecular formula is C19H15ClN2O3. The van der Waals surface area contributed by atoms with Crippen LogP contribution in [0.5, 0.6) is 5.75 Å². The van der Waals surface area contributed by atoms with Crippen molar-refractivity contribution in [1.82, 2.24) is 4.98 Å². The molecule has 0 aliphatic carbocycles. The summed E-state index contributed by atoms with van der Waals surface area (Å²) in [6.45, 7) is 0.461. The zero-order valence-electron chi connectivity index (χ0n) is 13.2. The van der Waals surface area contributed by atoms with Crippen LogP contribution >= 0.6 is 11.6 Å². The molecule has 0 saturated carbocycles. The molecular weight excluding hydrogens is 340 g/mol. The van der Waals surface area contributed by atoms with E-state index in [0.717, 1.165) is 10.9 Å². The van der Waals surface area contributed by atoms with Gasteiger partial charge in [0.05, 0.1) is 23.7 Å². The number of fused-ring (bicyclic) bond motifs is 2. The van der Waals surface area contributed by atoms with Crippen LogP contribution in [-0.2, 0) is 4.79 Å². The molecule has 1 aromatic heterocycles. The summed E-state index contributed by atoms with van der Waals surface area (Å²) in [5.74, 6) is 0.120. The Hall–Kier alpha value is -2.79. The van der Waals surface area contributed by atoms with Crippen molar-refractivity contribution in [3.8, 4) is 5.75 Å². The van der Waals surface area contributed by atoms with Gasteiger partial charge in [-0.15, -0.1) is 0 Å². The van der Waals surface area contributed by atoms with E-state index in [0.29, 0.717) is 35.0 Å². The van der Waals surface area contributed by atoms with Crippen LogP contribution in [0.4, 0.5) is 5.69 Å². The van der Waals surface area contributed by atoms with E-state index in [-0.39, 0.29) is 17.4 Å². The third-order valence-electron chi connectivity index (χ3n) is 4.34. The van der Waals surface area contributed by atoms with E-state index >= 15 is 0 Å². The lowest BCUT2D eigenvalue weighted by Gasteiger charge is -2.25. The van der Waals surface area contributed by atoms with Crippen molar-refractivity contribution in [3.05, 3.63) is 69.5 Å². The standard InChI is InChI=1S/C19H15ClN2O3/c20-11-5-6-17-14(9-11)12(7-8-25-17)19(24)22-16-10-18(23)21-15-4-2-1-3-13(15)16/h1-6,9-10,12H,7-8H2,(H2,21,22,23,24). The van der Waals surface area contributed by atoms with Gasteiger partial charge in [0.15, 0.2) is 0 Å². The van der Waals surface area contributed by atoms with E-state index in [1.165, 1.54) is 6.07 Å². The molecule has 2 aromatic carbocycles. The molecule has 1 aliphatic rings. The highest BCUT2D eigenvalue weighted by atomic mass is 35.5. The molecule has 2 heterocycles. The molecule has 5 nitrogen and oxygen atoms in total. The Morgan fingerprint density at radius 2 is 2.04 bits per heavy atom. The molecule has 0 spiro atoms. The number of halogens is 1. The number of H-pyrrole nitrogens is 1. The van der Waals surface area contributed by atoms with Crippen LogP contribution in [0.15, 0.2) is 53.3 Å². The molecule has 3 aromatic rings. The second-order valence-electron chi connectivity index (χ2n) is 5.95. The fourth-order valence-corrected chi connectivity index (χ4v) is 3.35. The number of carbonyl (C=O) groups excluding carboxylic acids is 1. The lowest BCUT2D eigenvalue weighted by molar-refractivity contribution is -0.118. The smallest absolute Gasteiger partial charge is 0.250 e. The average Bonchev–Trinajstić information content (AvgIpc) is 2.61. The summed E-state index contributed by atoms with van der Waals surface area (Å²) in [5, 5.41) is 4.24. The molecule has 6 heteroatoms. The predicted molar refractivity (Wildman–Crippen MR) is 97.5 cm³/mol. The lowest BCUT2D eigenvalue weighted by Crippen LogP contribution is -2.27. The minimum absolute atomic E-state index is 0.178. The maximum absolute atomic E-state index is 12.9. The van der Waals surface area contributed by atoms with Gasteiger partial charge in [-0.2, -0.15) is 0 Å². The number of aromatic amines is 1. The number of rotatable bonds is 2. The fraction of sp³-hybridized carbons (Fsp3) is 0.158. The summed E-state index contributed by atoms with van der Waals surface area (Å²) in [6.07, 6.45) is 0.556. The van der Waals surface area contributed by atoms with Gasteiger partial charge >= 0.3 is 0 Å². The van der Waals surface area contributed by atoms with E-state index in [1.54, 1.807) is 24.3 Å². The van der Waals surface area contributed by atoms with Gasteiger partial charge in [-0.3, -0.25) is 9.59 Å². The number of nitrogens with one attached hydrogen (secondary N) is 2. The molecule has 1 atom stereocenters. The van der Waals surface area contributed by atoms with Crippen molar-refractivity contribution < 1.29 is 9.53 Å². The van der Waals surface area contributed by atoms with Gasteiger partial charge in [-0.25, -0.2) is 0 Å². The monoisotopic (exact) mass is 354 g/mol. The number of aromatic nitrogens is 1. The molecule has 1 unspecified atom stereocenters. The molecule has 2 N–H and O–H groups in total. The Kier molecular flexibility index (Phi) is 3.93. The maximum Gasteiger partial charge on any atom is 0.250 e. The van der Waals surface area contributed by atoms with Crippen LogP contribution < -0.4 is 15.6 Å². The van der Waals surface area contributed by atoms with Gasteiger partial charge in [0.2, 0.25) is 11.5 Å². The first-order valence-electron chi connectivity index (χ1n) is 7.97. The third-order valence-corrected chi connectivity index (χ3v) is 4.57. The van der Waals surface area contributed by atoms with E-state index in [4.69, 9.17) is 16.3 Å². The molecule has 4 rings (SSSR count). The van der Waals surface area contributed by atoms with Crippen molar-refractivity contribution in [1.29, 1.82) is 0 Å². The zero-order chi connectivity index (χ0) is 17.4. The zero-order valence-corrected chi connectivity index (χ0v) is 14.0. The van der Waals surface area contributed by atoms with Crippen LogP contribution in [0.3, 0.4) is 0 Å². The second-order valence-corrected chi connectivity index (χ2v) is 6.39. The normalized spacial score (nSPS) is 16.1. The molecule has 0 radical (unpaired) electrons. The molecule has 1 amide bonds. The summed E-state index contributed by atoms with van der Waals surface area (Å²) in [7, 11) is 0. The Balaban J connectivity index is 1.71. The molecule has 1 aliphatic heterocycles. The Morgan fingerprint density at radius 1 is 1.20 bits per heavy atom. The minimum atomic E-state index is -0.375. The van der Waals surface area contributed by atoms with Gasteiger partial charge in [0, 0.05) is 22.0 Å². The fourth-order valence-electron chi connectivity index (χ4n) is 3.17. The number of benzene rings is 2. The summed E-state index contributed by atoms with van der Waals surface area (Å²) < 4.78 is 5.60. The minimum Gasteiger partial charge on any atom is -0.493 e. The largest absolute Gasteiger partial charge is 0.493 e. The summed E-state index contributed by atoms with van der Waals surface area (Å²) in [5.41, 5.74) is 1.69. The number of anilines is 1. The van der Waals surface area contributed by atoms with E-state index < -0.39 is 0 Å². The second kappa shape index (κ2) is 6.26. The Labute approximate surface area is 148 Å². The van der Waals surface area contributed by atoms with Gasteiger partial charge in [0.25, 0.3) is 0 Å². The van der Waals surface area contributed by atoms with Gasteiger partial charge in [0.1, 0.15) is 5.75 Å². The number of pyridine rings is 1. The van der Waals surface area contributed by atoms with Crippen LogP contribution in [0.25, 0.3) is 10.9 Å². The molecule has 25 heavy (non-hydrogen) atoms. The summed E-state index contributed by atoms with van der Waals surface area (Å²) in [6, 6.07) is 14.0. The van der Waals surface area contributed by atoms with Crippen LogP contribution in [0, 0.1) is 0 Å². The Bertz CT molecular complexity index is 1030. The van der Waals surface area contributed by atoms with Gasteiger partial charge in [-0.05, 0) is 30.7 Å². The molecule has 0 fully saturated rings. The summed E-state index contributed by atoms with van der Waals surface area (Å²) >= 11 is 6.07. The van der Waals surface area contributed by atoms with Crippen LogP contribution in [0.1, 0.15) is 17.9 Å².